The number of carbonyl (C=O) groups is 4. The minimum atomic E-state index is -1.10. The summed E-state index contributed by atoms with van der Waals surface area (Å²) in [6, 6.07) is 5.24. The van der Waals surface area contributed by atoms with Crippen LogP contribution in [0.4, 0.5) is 0 Å². The number of nitrogens with zero attached hydrogens (tertiary/aromatic N) is 1. The predicted molar refractivity (Wildman–Crippen MR) is 85.3 cm³/mol. The summed E-state index contributed by atoms with van der Waals surface area (Å²) in [4.78, 5) is 49.2. The number of benzene rings is 1. The lowest BCUT2D eigenvalue weighted by Gasteiger charge is -2.21. The van der Waals surface area contributed by atoms with Crippen molar-refractivity contribution in [1.82, 2.24) is 10.2 Å². The standard InChI is InChI=1S/C17H20N2O5/c1-4-10(2)18-14(20)9-24-17(23)11(3)19-15(21)12-7-5-6-8-13(12)16(19)22/h5-8,10-11H,4,9H2,1-3H3,(H,18,20)/t10-,11+/m0/s1. The lowest BCUT2D eigenvalue weighted by Crippen LogP contribution is -2.45. The molecule has 1 aliphatic heterocycles. The van der Waals surface area contributed by atoms with Crippen LogP contribution in [0.5, 0.6) is 0 Å². The normalized spacial score (nSPS) is 15.7. The Hall–Kier alpha value is -2.70. The number of rotatable bonds is 6. The zero-order valence-electron chi connectivity index (χ0n) is 13.9. The second-order valence-corrected chi connectivity index (χ2v) is 5.69. The zero-order chi connectivity index (χ0) is 17.9. The highest BCUT2D eigenvalue weighted by molar-refractivity contribution is 6.22. The van der Waals surface area contributed by atoms with Gasteiger partial charge in [0.15, 0.2) is 6.61 Å². The first-order valence-corrected chi connectivity index (χ1v) is 7.79. The van der Waals surface area contributed by atoms with Gasteiger partial charge in [0.1, 0.15) is 6.04 Å². The summed E-state index contributed by atoms with van der Waals surface area (Å²) in [7, 11) is 0. The van der Waals surface area contributed by atoms with Gasteiger partial charge in [-0.05, 0) is 32.4 Å². The molecule has 7 nitrogen and oxygen atoms in total. The van der Waals surface area contributed by atoms with E-state index in [1.165, 1.54) is 19.1 Å². The maximum Gasteiger partial charge on any atom is 0.329 e. The SMILES string of the molecule is CC[C@H](C)NC(=O)COC(=O)[C@@H](C)N1C(=O)c2ccccc2C1=O. The Morgan fingerprint density at radius 3 is 2.17 bits per heavy atom. The fourth-order valence-corrected chi connectivity index (χ4v) is 2.34. The highest BCUT2D eigenvalue weighted by Crippen LogP contribution is 2.24. The molecule has 0 radical (unpaired) electrons. The van der Waals surface area contributed by atoms with E-state index in [2.05, 4.69) is 5.32 Å². The summed E-state index contributed by atoms with van der Waals surface area (Å²) in [6.45, 7) is 4.70. The van der Waals surface area contributed by atoms with Gasteiger partial charge in [-0.15, -0.1) is 0 Å². The number of nitrogens with one attached hydrogen (secondary N) is 1. The van der Waals surface area contributed by atoms with Gasteiger partial charge in [-0.3, -0.25) is 19.3 Å². The van der Waals surface area contributed by atoms with Crippen LogP contribution in [0.3, 0.4) is 0 Å². The molecule has 1 heterocycles. The van der Waals surface area contributed by atoms with Gasteiger partial charge in [-0.2, -0.15) is 0 Å². The average Bonchev–Trinajstić information content (AvgIpc) is 2.83. The van der Waals surface area contributed by atoms with Gasteiger partial charge in [0.2, 0.25) is 0 Å². The molecule has 1 aliphatic rings. The van der Waals surface area contributed by atoms with Crippen molar-refractivity contribution in [1.29, 1.82) is 0 Å². The minimum Gasteiger partial charge on any atom is -0.454 e. The summed E-state index contributed by atoms with van der Waals surface area (Å²) in [5.74, 6) is -2.30. The van der Waals surface area contributed by atoms with E-state index in [0.29, 0.717) is 0 Å². The highest BCUT2D eigenvalue weighted by atomic mass is 16.5. The van der Waals surface area contributed by atoms with Crippen molar-refractivity contribution in [2.75, 3.05) is 6.61 Å². The van der Waals surface area contributed by atoms with E-state index in [1.807, 2.05) is 13.8 Å². The molecule has 128 valence electrons. The second-order valence-electron chi connectivity index (χ2n) is 5.69. The number of hydrogen-bond acceptors (Lipinski definition) is 5. The molecule has 0 aromatic heterocycles. The number of hydrogen-bond donors (Lipinski definition) is 1. The molecule has 0 fully saturated rings. The van der Waals surface area contributed by atoms with E-state index in [-0.39, 0.29) is 17.2 Å². The van der Waals surface area contributed by atoms with Gasteiger partial charge in [0, 0.05) is 6.04 Å². The summed E-state index contributed by atoms with van der Waals surface area (Å²) in [5, 5.41) is 2.66. The Bertz CT molecular complexity index is 650. The Morgan fingerprint density at radius 1 is 1.12 bits per heavy atom. The monoisotopic (exact) mass is 332 g/mol. The van der Waals surface area contributed by atoms with E-state index in [4.69, 9.17) is 4.74 Å². The molecule has 2 atom stereocenters. The molecule has 7 heteroatoms. The second kappa shape index (κ2) is 7.25. The molecule has 2 rings (SSSR count). The number of fused-ring (bicyclic) bond motifs is 1. The highest BCUT2D eigenvalue weighted by Gasteiger charge is 2.41. The molecule has 0 unspecified atom stereocenters. The predicted octanol–water partition coefficient (Wildman–Crippen LogP) is 1.13. The van der Waals surface area contributed by atoms with Gasteiger partial charge in [-0.25, -0.2) is 4.79 Å². The van der Waals surface area contributed by atoms with Crippen molar-refractivity contribution in [3.63, 3.8) is 0 Å². The Labute approximate surface area is 140 Å². The van der Waals surface area contributed by atoms with Crippen molar-refractivity contribution in [3.05, 3.63) is 35.4 Å². The first kappa shape index (κ1) is 17.7. The van der Waals surface area contributed by atoms with E-state index < -0.39 is 36.3 Å². The quantitative estimate of drug-likeness (QED) is 0.623. The number of carbonyl (C=O) groups excluding carboxylic acids is 4. The van der Waals surface area contributed by atoms with Gasteiger partial charge in [-0.1, -0.05) is 19.1 Å². The van der Waals surface area contributed by atoms with Crippen LogP contribution in [-0.2, 0) is 14.3 Å². The first-order valence-electron chi connectivity index (χ1n) is 7.79. The molecule has 0 aliphatic carbocycles. The molecule has 1 N–H and O–H groups in total. The smallest absolute Gasteiger partial charge is 0.329 e. The largest absolute Gasteiger partial charge is 0.454 e. The Kier molecular flexibility index (Phi) is 5.33. The molecule has 24 heavy (non-hydrogen) atoms. The minimum absolute atomic E-state index is 0.0233. The molecule has 0 bridgehead atoms. The van der Waals surface area contributed by atoms with Crippen LogP contribution in [0.2, 0.25) is 0 Å². The van der Waals surface area contributed by atoms with Gasteiger partial charge >= 0.3 is 5.97 Å². The topological polar surface area (TPSA) is 92.8 Å². The third-order valence-corrected chi connectivity index (χ3v) is 3.92. The van der Waals surface area contributed by atoms with E-state index in [0.717, 1.165) is 11.3 Å². The fraction of sp³-hybridized carbons (Fsp3) is 0.412. The van der Waals surface area contributed by atoms with Crippen molar-refractivity contribution in [2.24, 2.45) is 0 Å². The number of ether oxygens (including phenoxy) is 1. The fourth-order valence-electron chi connectivity index (χ4n) is 2.34. The Balaban J connectivity index is 1.98. The van der Waals surface area contributed by atoms with Crippen LogP contribution in [0.15, 0.2) is 24.3 Å². The van der Waals surface area contributed by atoms with Gasteiger partial charge < -0.3 is 10.1 Å². The molecule has 0 spiro atoms. The van der Waals surface area contributed by atoms with Crippen molar-refractivity contribution >= 4 is 23.7 Å². The summed E-state index contributed by atoms with van der Waals surface area (Å²) in [6.07, 6.45) is 0.755. The summed E-state index contributed by atoms with van der Waals surface area (Å²) >= 11 is 0. The van der Waals surface area contributed by atoms with Crippen LogP contribution in [0.1, 0.15) is 47.9 Å². The van der Waals surface area contributed by atoms with Crippen LogP contribution in [0, 0.1) is 0 Å². The van der Waals surface area contributed by atoms with Crippen LogP contribution >= 0.6 is 0 Å². The van der Waals surface area contributed by atoms with E-state index in [1.54, 1.807) is 12.1 Å². The maximum atomic E-state index is 12.3. The number of esters is 1. The van der Waals surface area contributed by atoms with Crippen LogP contribution in [0.25, 0.3) is 0 Å². The van der Waals surface area contributed by atoms with Crippen molar-refractivity contribution in [2.45, 2.75) is 39.3 Å². The molecule has 0 saturated carbocycles. The average molecular weight is 332 g/mol. The third-order valence-electron chi connectivity index (χ3n) is 3.92. The van der Waals surface area contributed by atoms with Gasteiger partial charge in [0.25, 0.3) is 17.7 Å². The van der Waals surface area contributed by atoms with E-state index >= 15 is 0 Å². The molecular weight excluding hydrogens is 312 g/mol. The third kappa shape index (κ3) is 3.45. The number of imide groups is 1. The molecule has 1 aromatic carbocycles. The molecular formula is C17H20N2O5. The molecule has 0 saturated heterocycles. The number of amides is 3. The molecule has 1 aromatic rings. The van der Waals surface area contributed by atoms with Crippen molar-refractivity contribution in [3.8, 4) is 0 Å². The van der Waals surface area contributed by atoms with Crippen molar-refractivity contribution < 1.29 is 23.9 Å². The maximum absolute atomic E-state index is 12.3. The molecule has 3 amide bonds. The zero-order valence-corrected chi connectivity index (χ0v) is 13.9. The lowest BCUT2D eigenvalue weighted by atomic mass is 10.1. The summed E-state index contributed by atoms with van der Waals surface area (Å²) in [5.41, 5.74) is 0.522. The van der Waals surface area contributed by atoms with Crippen LogP contribution < -0.4 is 5.32 Å². The lowest BCUT2D eigenvalue weighted by molar-refractivity contribution is -0.152. The Morgan fingerprint density at radius 2 is 1.67 bits per heavy atom. The first-order chi connectivity index (χ1) is 11.4. The van der Waals surface area contributed by atoms with Crippen LogP contribution in [-0.4, -0.2) is 47.3 Å². The van der Waals surface area contributed by atoms with E-state index in [9.17, 15) is 19.2 Å². The summed E-state index contributed by atoms with van der Waals surface area (Å²) < 4.78 is 4.92. The van der Waals surface area contributed by atoms with Gasteiger partial charge in [0.05, 0.1) is 11.1 Å².